The van der Waals surface area contributed by atoms with E-state index < -0.39 is 5.97 Å². The van der Waals surface area contributed by atoms with Gasteiger partial charge < -0.3 is 14.4 Å². The summed E-state index contributed by atoms with van der Waals surface area (Å²) in [6.07, 6.45) is 0. The molecular weight excluding hydrogens is 495 g/mol. The highest BCUT2D eigenvalue weighted by Crippen LogP contribution is 2.25. The summed E-state index contributed by atoms with van der Waals surface area (Å²) in [5.74, 6) is -0.257. The third-order valence-electron chi connectivity index (χ3n) is 4.83. The van der Waals surface area contributed by atoms with E-state index in [2.05, 4.69) is 5.32 Å². The number of nitrogens with one attached hydrogen (secondary N) is 1. The van der Waals surface area contributed by atoms with Gasteiger partial charge in [0.15, 0.2) is 5.11 Å². The molecular formula is C25H22Cl2N2O4S. The number of carbonyl (C=O) groups excluding carboxylic acids is 2. The highest BCUT2D eigenvalue weighted by atomic mass is 35.5. The number of hydrogen-bond donors (Lipinski definition) is 1. The molecule has 176 valence electrons. The summed E-state index contributed by atoms with van der Waals surface area (Å²) in [7, 11) is 1.53. The molecule has 0 unspecified atom stereocenters. The second-order valence-corrected chi connectivity index (χ2v) is 8.31. The number of ether oxygens (including phenoxy) is 2. The number of nitrogens with zero attached hydrogens (tertiary/aromatic N) is 1. The van der Waals surface area contributed by atoms with Gasteiger partial charge in [-0.25, -0.2) is 4.79 Å². The molecule has 3 aromatic carbocycles. The molecule has 0 saturated heterocycles. The summed E-state index contributed by atoms with van der Waals surface area (Å²) in [5, 5.41) is 3.88. The standard InChI is InChI=1S/C25H22Cl2N2O4S/c1-3-33-24(31)16-8-11-20(12-9-16)29(15-18-7-10-19(26)14-22(18)27)25(34)28-23(30)17-5-4-6-21(13-17)32-2/h4-14H,3,15H2,1-2H3,(H,28,30,34). The Hall–Kier alpha value is -3.13. The molecule has 0 atom stereocenters. The average Bonchev–Trinajstić information content (AvgIpc) is 2.83. The number of benzene rings is 3. The van der Waals surface area contributed by atoms with Crippen LogP contribution in [0.2, 0.25) is 10.0 Å². The van der Waals surface area contributed by atoms with Crippen LogP contribution < -0.4 is 15.0 Å². The predicted octanol–water partition coefficient (Wildman–Crippen LogP) is 5.90. The number of amides is 1. The van der Waals surface area contributed by atoms with Crippen molar-refractivity contribution in [3.63, 3.8) is 0 Å². The maximum Gasteiger partial charge on any atom is 0.338 e. The molecule has 6 nitrogen and oxygen atoms in total. The molecule has 0 saturated carbocycles. The van der Waals surface area contributed by atoms with Crippen molar-refractivity contribution >= 4 is 58.1 Å². The maximum absolute atomic E-state index is 12.9. The average molecular weight is 517 g/mol. The van der Waals surface area contributed by atoms with Crippen molar-refractivity contribution in [2.24, 2.45) is 0 Å². The highest BCUT2D eigenvalue weighted by Gasteiger charge is 2.19. The fourth-order valence-corrected chi connectivity index (χ4v) is 3.82. The van der Waals surface area contributed by atoms with Crippen molar-refractivity contribution in [3.8, 4) is 5.75 Å². The van der Waals surface area contributed by atoms with Crippen molar-refractivity contribution in [2.45, 2.75) is 13.5 Å². The van der Waals surface area contributed by atoms with E-state index in [1.54, 1.807) is 78.6 Å². The summed E-state index contributed by atoms with van der Waals surface area (Å²) in [5.41, 5.74) is 2.19. The van der Waals surface area contributed by atoms with Crippen LogP contribution in [0.3, 0.4) is 0 Å². The Morgan fingerprint density at radius 2 is 1.74 bits per heavy atom. The number of carbonyl (C=O) groups is 2. The Kier molecular flexibility index (Phi) is 8.87. The number of methoxy groups -OCH3 is 1. The highest BCUT2D eigenvalue weighted by molar-refractivity contribution is 7.80. The molecule has 34 heavy (non-hydrogen) atoms. The zero-order valence-electron chi connectivity index (χ0n) is 18.5. The third kappa shape index (κ3) is 6.47. The third-order valence-corrected chi connectivity index (χ3v) is 5.74. The van der Waals surface area contributed by atoms with Crippen LogP contribution >= 0.6 is 35.4 Å². The molecule has 0 fully saturated rings. The molecule has 0 aliphatic rings. The van der Waals surface area contributed by atoms with Crippen LogP contribution in [0.5, 0.6) is 5.75 Å². The second kappa shape index (κ2) is 11.8. The Morgan fingerprint density at radius 3 is 2.38 bits per heavy atom. The lowest BCUT2D eigenvalue weighted by molar-refractivity contribution is 0.0526. The van der Waals surface area contributed by atoms with Crippen molar-refractivity contribution in [1.29, 1.82) is 0 Å². The normalized spacial score (nSPS) is 10.4. The SMILES string of the molecule is CCOC(=O)c1ccc(N(Cc2ccc(Cl)cc2Cl)C(=S)NC(=O)c2cccc(OC)c2)cc1. The van der Waals surface area contributed by atoms with Crippen LogP contribution in [-0.4, -0.2) is 30.7 Å². The van der Waals surface area contributed by atoms with Gasteiger partial charge in [-0.15, -0.1) is 0 Å². The van der Waals surface area contributed by atoms with E-state index in [0.717, 1.165) is 5.56 Å². The molecule has 3 aromatic rings. The minimum Gasteiger partial charge on any atom is -0.497 e. The van der Waals surface area contributed by atoms with Crippen LogP contribution in [0.15, 0.2) is 66.7 Å². The monoisotopic (exact) mass is 516 g/mol. The second-order valence-electron chi connectivity index (χ2n) is 7.08. The number of anilines is 1. The van der Waals surface area contributed by atoms with Crippen LogP contribution in [0.4, 0.5) is 5.69 Å². The topological polar surface area (TPSA) is 67.9 Å². The van der Waals surface area contributed by atoms with Gasteiger partial charge in [-0.3, -0.25) is 10.1 Å². The molecule has 0 radical (unpaired) electrons. The molecule has 0 spiro atoms. The lowest BCUT2D eigenvalue weighted by Crippen LogP contribution is -2.42. The van der Waals surface area contributed by atoms with Crippen LogP contribution in [-0.2, 0) is 11.3 Å². The zero-order chi connectivity index (χ0) is 24.7. The summed E-state index contributed by atoms with van der Waals surface area (Å²) in [6.45, 7) is 2.28. The molecule has 3 rings (SSSR count). The van der Waals surface area contributed by atoms with Crippen molar-refractivity contribution in [2.75, 3.05) is 18.6 Å². The van der Waals surface area contributed by atoms with E-state index in [-0.39, 0.29) is 24.2 Å². The Bertz CT molecular complexity index is 1200. The van der Waals surface area contributed by atoms with Gasteiger partial charge in [-0.05, 0) is 79.3 Å². The quantitative estimate of drug-likeness (QED) is 0.311. The van der Waals surface area contributed by atoms with Crippen LogP contribution in [0.25, 0.3) is 0 Å². The van der Waals surface area contributed by atoms with Crippen molar-refractivity contribution in [1.82, 2.24) is 5.32 Å². The van der Waals surface area contributed by atoms with Gasteiger partial charge in [0, 0.05) is 21.3 Å². The van der Waals surface area contributed by atoms with E-state index in [1.165, 1.54) is 7.11 Å². The van der Waals surface area contributed by atoms with Crippen molar-refractivity contribution in [3.05, 3.63) is 93.5 Å². The molecule has 0 aliphatic heterocycles. The number of thiocarbonyl (C=S) groups is 1. The van der Waals surface area contributed by atoms with E-state index in [9.17, 15) is 9.59 Å². The molecule has 1 amide bonds. The minimum atomic E-state index is -0.421. The van der Waals surface area contributed by atoms with Gasteiger partial charge in [-0.2, -0.15) is 0 Å². The first-order valence-electron chi connectivity index (χ1n) is 10.3. The maximum atomic E-state index is 12.9. The smallest absolute Gasteiger partial charge is 0.338 e. The van der Waals surface area contributed by atoms with Gasteiger partial charge in [-0.1, -0.05) is 35.3 Å². The number of esters is 1. The summed E-state index contributed by atoms with van der Waals surface area (Å²) in [4.78, 5) is 26.6. The van der Waals surface area contributed by atoms with Gasteiger partial charge in [0.05, 0.1) is 25.8 Å². The summed E-state index contributed by atoms with van der Waals surface area (Å²) in [6, 6.07) is 18.6. The van der Waals surface area contributed by atoms with E-state index in [4.69, 9.17) is 44.9 Å². The first-order chi connectivity index (χ1) is 16.3. The Morgan fingerprint density at radius 1 is 1.00 bits per heavy atom. The number of halogens is 2. The van der Waals surface area contributed by atoms with Gasteiger partial charge >= 0.3 is 5.97 Å². The number of hydrogen-bond acceptors (Lipinski definition) is 5. The Balaban J connectivity index is 1.89. The molecule has 0 aliphatic carbocycles. The lowest BCUT2D eigenvalue weighted by atomic mass is 10.1. The van der Waals surface area contributed by atoms with Crippen molar-refractivity contribution < 1.29 is 19.1 Å². The first kappa shape index (κ1) is 25.5. The Labute approximate surface area is 213 Å². The minimum absolute atomic E-state index is 0.155. The largest absolute Gasteiger partial charge is 0.497 e. The molecule has 0 aromatic heterocycles. The van der Waals surface area contributed by atoms with E-state index in [1.807, 2.05) is 0 Å². The fourth-order valence-electron chi connectivity index (χ4n) is 3.09. The number of rotatable bonds is 7. The molecule has 1 N–H and O–H groups in total. The van der Waals surface area contributed by atoms with Crippen LogP contribution in [0.1, 0.15) is 33.2 Å². The predicted molar refractivity (Wildman–Crippen MR) is 138 cm³/mol. The van der Waals surface area contributed by atoms with Gasteiger partial charge in [0.25, 0.3) is 5.91 Å². The zero-order valence-corrected chi connectivity index (χ0v) is 20.8. The van der Waals surface area contributed by atoms with E-state index >= 15 is 0 Å². The molecule has 0 bridgehead atoms. The fraction of sp³-hybridized carbons (Fsp3) is 0.160. The van der Waals surface area contributed by atoms with Gasteiger partial charge in [0.2, 0.25) is 0 Å². The summed E-state index contributed by atoms with van der Waals surface area (Å²) < 4.78 is 10.2. The molecule has 9 heteroatoms. The van der Waals surface area contributed by atoms with E-state index in [0.29, 0.717) is 32.6 Å². The molecule has 0 heterocycles. The van der Waals surface area contributed by atoms with Crippen LogP contribution in [0, 0.1) is 0 Å². The lowest BCUT2D eigenvalue weighted by Gasteiger charge is -2.26. The first-order valence-corrected chi connectivity index (χ1v) is 11.5. The summed E-state index contributed by atoms with van der Waals surface area (Å²) >= 11 is 18.0. The van der Waals surface area contributed by atoms with Gasteiger partial charge in [0.1, 0.15) is 5.75 Å².